The highest BCUT2D eigenvalue weighted by Crippen LogP contribution is 2.34. The molecule has 2 aromatic carbocycles. The zero-order chi connectivity index (χ0) is 21.7. The molecule has 2 N–H and O–H groups in total. The number of hydrogen-bond donors (Lipinski definition) is 2. The molecule has 1 amide bonds. The molecule has 6 nitrogen and oxygen atoms in total. The first kappa shape index (κ1) is 22.1. The fourth-order valence-electron chi connectivity index (χ4n) is 3.66. The van der Waals surface area contributed by atoms with E-state index in [2.05, 4.69) is 10.2 Å². The summed E-state index contributed by atoms with van der Waals surface area (Å²) in [5, 5.41) is 13.6. The summed E-state index contributed by atoms with van der Waals surface area (Å²) in [5.74, 6) is 0.722. The van der Waals surface area contributed by atoms with Crippen molar-refractivity contribution >= 4 is 30.7 Å². The molecular formula is C23H30BN3O3. The van der Waals surface area contributed by atoms with Crippen LogP contribution < -0.4 is 10.8 Å². The molecule has 0 saturated heterocycles. The number of aliphatic imine (C=N–C) groups is 1. The SMILES string of the molecule is Bc1ccc(C(=O)NC2c3cc(/N=C(\C)N(C)CCCOC)ccc3C[C@H]2O)cc1. The predicted octanol–water partition coefficient (Wildman–Crippen LogP) is 1.35. The van der Waals surface area contributed by atoms with Gasteiger partial charge in [-0.15, -0.1) is 0 Å². The van der Waals surface area contributed by atoms with Crippen LogP contribution in [0.15, 0.2) is 47.5 Å². The van der Waals surface area contributed by atoms with E-state index in [1.807, 2.05) is 52.1 Å². The van der Waals surface area contributed by atoms with E-state index >= 15 is 0 Å². The number of carbonyl (C=O) groups is 1. The number of fused-ring (bicyclic) bond motifs is 1. The lowest BCUT2D eigenvalue weighted by Crippen LogP contribution is -2.34. The molecule has 3 rings (SSSR count). The number of carbonyl (C=O) groups excluding carboxylic acids is 1. The van der Waals surface area contributed by atoms with Crippen LogP contribution in [0.3, 0.4) is 0 Å². The number of amides is 1. The van der Waals surface area contributed by atoms with Crippen molar-refractivity contribution in [3.8, 4) is 0 Å². The van der Waals surface area contributed by atoms with Crippen molar-refractivity contribution in [2.24, 2.45) is 4.99 Å². The molecule has 158 valence electrons. The number of aliphatic hydroxyl groups is 1. The fourth-order valence-corrected chi connectivity index (χ4v) is 3.66. The van der Waals surface area contributed by atoms with Gasteiger partial charge in [0, 0.05) is 39.3 Å². The lowest BCUT2D eigenvalue weighted by molar-refractivity contribution is 0.0858. The van der Waals surface area contributed by atoms with Gasteiger partial charge in [0.2, 0.25) is 0 Å². The second-order valence-corrected chi connectivity index (χ2v) is 7.90. The number of amidine groups is 1. The van der Waals surface area contributed by atoms with E-state index in [9.17, 15) is 9.90 Å². The minimum Gasteiger partial charge on any atom is -0.390 e. The van der Waals surface area contributed by atoms with Crippen molar-refractivity contribution in [3.05, 3.63) is 59.2 Å². The van der Waals surface area contributed by atoms with Gasteiger partial charge in [-0.05, 0) is 36.6 Å². The molecule has 1 aliphatic carbocycles. The Morgan fingerprint density at radius 2 is 2.03 bits per heavy atom. The average molecular weight is 407 g/mol. The molecule has 0 spiro atoms. The van der Waals surface area contributed by atoms with Crippen LogP contribution in [0.5, 0.6) is 0 Å². The molecule has 0 aliphatic heterocycles. The summed E-state index contributed by atoms with van der Waals surface area (Å²) < 4.78 is 5.11. The third-order valence-electron chi connectivity index (χ3n) is 5.56. The Morgan fingerprint density at radius 1 is 1.30 bits per heavy atom. The number of methoxy groups -OCH3 is 1. The van der Waals surface area contributed by atoms with Crippen molar-refractivity contribution < 1.29 is 14.6 Å². The van der Waals surface area contributed by atoms with Gasteiger partial charge in [0.1, 0.15) is 13.7 Å². The molecule has 2 atom stereocenters. The molecule has 0 radical (unpaired) electrons. The van der Waals surface area contributed by atoms with E-state index in [-0.39, 0.29) is 5.91 Å². The Balaban J connectivity index is 1.75. The summed E-state index contributed by atoms with van der Waals surface area (Å²) in [4.78, 5) is 19.5. The predicted molar refractivity (Wildman–Crippen MR) is 123 cm³/mol. The molecule has 0 bridgehead atoms. The van der Waals surface area contributed by atoms with Crippen LogP contribution >= 0.6 is 0 Å². The minimum absolute atomic E-state index is 0.185. The summed E-state index contributed by atoms with van der Waals surface area (Å²) in [6.45, 7) is 3.56. The van der Waals surface area contributed by atoms with E-state index in [0.29, 0.717) is 12.0 Å². The fraction of sp³-hybridized carbons (Fsp3) is 0.391. The van der Waals surface area contributed by atoms with Crippen LogP contribution in [-0.4, -0.2) is 63.0 Å². The summed E-state index contributed by atoms with van der Waals surface area (Å²) >= 11 is 0. The summed E-state index contributed by atoms with van der Waals surface area (Å²) in [7, 11) is 5.70. The van der Waals surface area contributed by atoms with Crippen LogP contribution in [-0.2, 0) is 11.2 Å². The maximum Gasteiger partial charge on any atom is 0.251 e. The standard InChI is InChI=1S/C23H30BN3O3/c1-15(27(2)11-4-12-30-3)25-19-10-7-17-13-21(28)22(20(17)14-19)26-23(29)16-5-8-18(24)9-6-16/h5-10,14,21-22,28H,4,11-13,24H2,1-3H3,(H,26,29)/b25-15+/t21-,22?/m1/s1. The van der Waals surface area contributed by atoms with Gasteiger partial charge in [0.15, 0.2) is 0 Å². The number of hydrogen-bond acceptors (Lipinski definition) is 4. The largest absolute Gasteiger partial charge is 0.390 e. The lowest BCUT2D eigenvalue weighted by Gasteiger charge is -2.19. The summed E-state index contributed by atoms with van der Waals surface area (Å²) in [5.41, 5.74) is 4.47. The quantitative estimate of drug-likeness (QED) is 0.315. The van der Waals surface area contributed by atoms with Gasteiger partial charge in [0.25, 0.3) is 5.91 Å². The number of nitrogens with one attached hydrogen (secondary N) is 1. The number of ether oxygens (including phenoxy) is 1. The topological polar surface area (TPSA) is 74.2 Å². The average Bonchev–Trinajstić information content (AvgIpc) is 3.03. The van der Waals surface area contributed by atoms with E-state index in [0.717, 1.165) is 47.7 Å². The summed E-state index contributed by atoms with van der Waals surface area (Å²) in [6.07, 6.45) is 0.809. The van der Waals surface area contributed by atoms with Crippen molar-refractivity contribution in [2.45, 2.75) is 31.9 Å². The molecule has 0 fully saturated rings. The first-order chi connectivity index (χ1) is 14.4. The van der Waals surface area contributed by atoms with E-state index < -0.39 is 12.1 Å². The first-order valence-electron chi connectivity index (χ1n) is 10.3. The zero-order valence-electron chi connectivity index (χ0n) is 18.2. The van der Waals surface area contributed by atoms with Gasteiger partial charge in [-0.2, -0.15) is 0 Å². The molecule has 7 heteroatoms. The van der Waals surface area contributed by atoms with Gasteiger partial charge >= 0.3 is 0 Å². The number of aliphatic hydroxyl groups excluding tert-OH is 1. The smallest absolute Gasteiger partial charge is 0.251 e. The number of benzene rings is 2. The van der Waals surface area contributed by atoms with E-state index in [4.69, 9.17) is 9.73 Å². The van der Waals surface area contributed by atoms with Crippen molar-refractivity contribution in [2.75, 3.05) is 27.3 Å². The van der Waals surface area contributed by atoms with Crippen molar-refractivity contribution in [3.63, 3.8) is 0 Å². The van der Waals surface area contributed by atoms with Gasteiger partial charge in [0.05, 0.1) is 17.8 Å². The van der Waals surface area contributed by atoms with E-state index in [1.54, 1.807) is 19.2 Å². The molecule has 0 saturated carbocycles. The Morgan fingerprint density at radius 3 is 2.73 bits per heavy atom. The Bertz CT molecular complexity index is 914. The normalized spacial score (nSPS) is 18.2. The van der Waals surface area contributed by atoms with Gasteiger partial charge in [-0.1, -0.05) is 35.8 Å². The Hall–Kier alpha value is -2.64. The number of rotatable bonds is 7. The van der Waals surface area contributed by atoms with Gasteiger partial charge < -0.3 is 20.1 Å². The van der Waals surface area contributed by atoms with Crippen LogP contribution in [0.4, 0.5) is 5.69 Å². The third kappa shape index (κ3) is 5.29. The molecule has 30 heavy (non-hydrogen) atoms. The highest BCUT2D eigenvalue weighted by atomic mass is 16.5. The molecular weight excluding hydrogens is 377 g/mol. The molecule has 1 unspecified atom stereocenters. The highest BCUT2D eigenvalue weighted by molar-refractivity contribution is 6.32. The first-order valence-corrected chi connectivity index (χ1v) is 10.3. The number of nitrogens with zero attached hydrogens (tertiary/aromatic N) is 2. The molecule has 0 aromatic heterocycles. The Kier molecular flexibility index (Phi) is 7.29. The highest BCUT2D eigenvalue weighted by Gasteiger charge is 2.32. The van der Waals surface area contributed by atoms with Crippen LogP contribution in [0.1, 0.15) is 40.9 Å². The molecule has 0 heterocycles. The molecule has 1 aliphatic rings. The van der Waals surface area contributed by atoms with Gasteiger partial charge in [-0.25, -0.2) is 4.99 Å². The van der Waals surface area contributed by atoms with Crippen molar-refractivity contribution in [1.29, 1.82) is 0 Å². The second kappa shape index (κ2) is 9.91. The lowest BCUT2D eigenvalue weighted by atomic mass is 9.95. The summed E-state index contributed by atoms with van der Waals surface area (Å²) in [6, 6.07) is 12.9. The minimum atomic E-state index is -0.647. The van der Waals surface area contributed by atoms with Crippen molar-refractivity contribution in [1.82, 2.24) is 10.2 Å². The van der Waals surface area contributed by atoms with E-state index in [1.165, 1.54) is 0 Å². The third-order valence-corrected chi connectivity index (χ3v) is 5.56. The Labute approximate surface area is 179 Å². The van der Waals surface area contributed by atoms with Crippen LogP contribution in [0.2, 0.25) is 0 Å². The maximum absolute atomic E-state index is 12.7. The van der Waals surface area contributed by atoms with Crippen LogP contribution in [0, 0.1) is 0 Å². The van der Waals surface area contributed by atoms with Crippen LogP contribution in [0.25, 0.3) is 0 Å². The molecule has 2 aromatic rings. The second-order valence-electron chi connectivity index (χ2n) is 7.90. The maximum atomic E-state index is 12.7. The van der Waals surface area contributed by atoms with Gasteiger partial charge in [-0.3, -0.25) is 4.79 Å². The monoisotopic (exact) mass is 407 g/mol. The zero-order valence-corrected chi connectivity index (χ0v) is 18.2.